The molecule has 15 heteroatoms. The van der Waals surface area contributed by atoms with Crippen LogP contribution in [0.3, 0.4) is 0 Å². The Balaban J connectivity index is 2.14. The van der Waals surface area contributed by atoms with Crippen LogP contribution in [0.4, 0.5) is 21.9 Å². The van der Waals surface area contributed by atoms with Gasteiger partial charge in [-0.1, -0.05) is 55.4 Å². The number of fused-ring (bicyclic) bond motifs is 1. The Morgan fingerprint density at radius 3 is 2.00 bits per heavy atom. The first-order chi connectivity index (χ1) is 20.2. The number of anilines is 1. The molecule has 13 nitrogen and oxygen atoms in total. The molecule has 1 aromatic rings. The summed E-state index contributed by atoms with van der Waals surface area (Å²) >= 11 is 0. The van der Waals surface area contributed by atoms with Crippen molar-refractivity contribution in [2.45, 2.75) is 129 Å². The van der Waals surface area contributed by atoms with E-state index in [1.54, 1.807) is 20.8 Å². The molecule has 2 fully saturated rings. The third-order valence-electron chi connectivity index (χ3n) is 8.60. The van der Waals surface area contributed by atoms with Crippen LogP contribution in [0, 0.1) is 26.1 Å². The minimum absolute atomic E-state index is 0.0548. The number of carbonyl (C=O) groups excluding carboxylic acids is 1. The summed E-state index contributed by atoms with van der Waals surface area (Å²) in [6.45, 7) is 22.7. The summed E-state index contributed by atoms with van der Waals surface area (Å²) in [5.74, 6) is -0.179. The Bertz CT molecular complexity index is 1210. The Labute approximate surface area is 262 Å². The largest absolute Gasteiger partial charge is 0.444 e. The van der Waals surface area contributed by atoms with Crippen molar-refractivity contribution >= 4 is 40.3 Å². The van der Waals surface area contributed by atoms with Crippen LogP contribution < -0.4 is 10.6 Å². The van der Waals surface area contributed by atoms with Crippen LogP contribution >= 0.6 is 0 Å². The van der Waals surface area contributed by atoms with Crippen molar-refractivity contribution in [2.24, 2.45) is 5.92 Å². The smallest absolute Gasteiger partial charge is 0.408 e. The summed E-state index contributed by atoms with van der Waals surface area (Å²) in [6, 6.07) is 2.27. The van der Waals surface area contributed by atoms with Gasteiger partial charge in [0.15, 0.2) is 0 Å². The van der Waals surface area contributed by atoms with E-state index in [1.807, 2.05) is 0 Å². The molecule has 0 radical (unpaired) electrons. The second-order valence-electron chi connectivity index (χ2n) is 14.2. The van der Waals surface area contributed by atoms with Crippen molar-refractivity contribution in [3.63, 3.8) is 0 Å². The molecule has 3 rings (SSSR count). The van der Waals surface area contributed by atoms with E-state index in [4.69, 9.17) is 17.7 Å². The lowest BCUT2D eigenvalue weighted by Crippen LogP contribution is -2.66. The summed E-state index contributed by atoms with van der Waals surface area (Å²) in [6.07, 6.45) is -0.726. The molecule has 0 spiro atoms. The topological polar surface area (TPSA) is 164 Å². The molecule has 1 aromatic carbocycles. The summed E-state index contributed by atoms with van der Waals surface area (Å²) in [5.41, 5.74) is -1.05. The normalized spacial score (nSPS) is 25.0. The number of nitro groups is 2. The molecule has 2 N–H and O–H groups in total. The number of nitrogens with one attached hydrogen (secondary N) is 2. The van der Waals surface area contributed by atoms with E-state index < -0.39 is 62.5 Å². The van der Waals surface area contributed by atoms with Crippen molar-refractivity contribution in [1.29, 1.82) is 0 Å². The van der Waals surface area contributed by atoms with E-state index >= 15 is 0 Å². The van der Waals surface area contributed by atoms with Crippen LogP contribution in [0.15, 0.2) is 18.2 Å². The summed E-state index contributed by atoms with van der Waals surface area (Å²) < 4.78 is 27.1. The summed E-state index contributed by atoms with van der Waals surface area (Å²) in [4.78, 5) is 35.2. The van der Waals surface area contributed by atoms with Crippen LogP contribution in [0.5, 0.6) is 0 Å². The number of nitro benzene ring substituents is 2. The van der Waals surface area contributed by atoms with E-state index in [1.165, 1.54) is 12.1 Å². The second kappa shape index (κ2) is 13.4. The number of carbonyl (C=O) groups is 1. The van der Waals surface area contributed by atoms with Gasteiger partial charge in [-0.05, 0) is 55.4 Å². The zero-order valence-corrected chi connectivity index (χ0v) is 29.8. The Morgan fingerprint density at radius 1 is 0.955 bits per heavy atom. The third-order valence-corrected chi connectivity index (χ3v) is 18.9. The zero-order valence-electron chi connectivity index (χ0n) is 27.8. The van der Waals surface area contributed by atoms with E-state index in [0.29, 0.717) is 13.0 Å². The van der Waals surface area contributed by atoms with E-state index in [-0.39, 0.29) is 39.5 Å². The van der Waals surface area contributed by atoms with Crippen LogP contribution in [0.25, 0.3) is 0 Å². The van der Waals surface area contributed by atoms with Gasteiger partial charge in [-0.15, -0.1) is 0 Å². The van der Waals surface area contributed by atoms with Crippen LogP contribution in [0.2, 0.25) is 22.2 Å². The average molecular weight is 655 g/mol. The number of non-ortho nitro benzene ring substituents is 1. The maximum atomic E-state index is 13.2. The molecule has 0 bridgehead atoms. The number of hydrogen-bond acceptors (Lipinski definition) is 10. The number of ether oxygens (including phenoxy) is 1. The minimum Gasteiger partial charge on any atom is -0.444 e. The van der Waals surface area contributed by atoms with Gasteiger partial charge < -0.3 is 28.3 Å². The molecule has 1 aliphatic carbocycles. The molecule has 1 aliphatic heterocycles. The van der Waals surface area contributed by atoms with Crippen molar-refractivity contribution in [2.75, 3.05) is 11.9 Å². The van der Waals surface area contributed by atoms with Crippen molar-refractivity contribution < 1.29 is 32.3 Å². The standard InChI is InChI=1S/C29H50N4O9Si2/c1-17(2)43(18(3)4)39-16-21-14-24(30-23-13-12-22(32(35)36)15-25(23)33(37)38)26(31-28(34)40-29(9,10)11)27(21)41-44(42-43,19(5)6)20(7)8/h12-13,15,17-21,24,26-27,30H,14,16H2,1-11H3,(H,31,34)/t21-,24-,26-,27-/m1/s1. The lowest BCUT2D eigenvalue weighted by Gasteiger charge is -2.52. The lowest BCUT2D eigenvalue weighted by atomic mass is 10.1. The molecule has 248 valence electrons. The molecule has 1 amide bonds. The maximum absolute atomic E-state index is 13.2. The fraction of sp³-hybridized carbons (Fsp3) is 0.759. The van der Waals surface area contributed by atoms with Gasteiger partial charge in [-0.3, -0.25) is 20.2 Å². The highest BCUT2D eigenvalue weighted by molar-refractivity contribution is 6.84. The van der Waals surface area contributed by atoms with Crippen LogP contribution in [0.1, 0.15) is 82.6 Å². The summed E-state index contributed by atoms with van der Waals surface area (Å²) in [5, 5.41) is 29.6. The SMILES string of the molecule is CC(C)[Si]1(C(C)C)OC[C@H]2C[C@@H](Nc3ccc([N+](=O)[O-])cc3[N+](=O)[O-])[C@@H](NC(=O)OC(C)(C)C)[C@@H]2O[Si](C(C)C)(C(C)C)O1. The fourth-order valence-electron chi connectivity index (χ4n) is 6.51. The highest BCUT2D eigenvalue weighted by atomic mass is 28.5. The Hall–Kier alpha value is -2.60. The Kier molecular flexibility index (Phi) is 10.9. The molecule has 2 aliphatic rings. The molecule has 44 heavy (non-hydrogen) atoms. The van der Waals surface area contributed by atoms with Gasteiger partial charge in [-0.25, -0.2) is 4.79 Å². The number of benzene rings is 1. The zero-order chi connectivity index (χ0) is 33.4. The number of rotatable bonds is 9. The van der Waals surface area contributed by atoms with Crippen LogP contribution in [-0.4, -0.2) is 63.5 Å². The number of nitrogens with zero attached hydrogens (tertiary/aromatic N) is 2. The van der Waals surface area contributed by atoms with Gasteiger partial charge in [0.05, 0.1) is 28.1 Å². The molecule has 0 unspecified atom stereocenters. The minimum atomic E-state index is -3.04. The molecular formula is C29H50N4O9Si2. The highest BCUT2D eigenvalue weighted by Gasteiger charge is 2.61. The fourth-order valence-corrected chi connectivity index (χ4v) is 17.8. The van der Waals surface area contributed by atoms with Gasteiger partial charge in [0.25, 0.3) is 11.4 Å². The van der Waals surface area contributed by atoms with Crippen LogP contribution in [-0.2, 0) is 17.7 Å². The first kappa shape index (κ1) is 35.9. The van der Waals surface area contributed by atoms with E-state index in [0.717, 1.165) is 6.07 Å². The van der Waals surface area contributed by atoms with Crippen molar-refractivity contribution in [3.05, 3.63) is 38.4 Å². The number of alkyl carbamates (subject to hydrolysis) is 1. The highest BCUT2D eigenvalue weighted by Crippen LogP contribution is 2.49. The van der Waals surface area contributed by atoms with Crippen molar-refractivity contribution in [3.8, 4) is 0 Å². The van der Waals surface area contributed by atoms with Gasteiger partial charge in [0.2, 0.25) is 0 Å². The Morgan fingerprint density at radius 2 is 1.52 bits per heavy atom. The molecule has 0 aromatic heterocycles. The lowest BCUT2D eigenvalue weighted by molar-refractivity contribution is -0.393. The molecule has 1 saturated heterocycles. The third kappa shape index (κ3) is 7.44. The molecular weight excluding hydrogens is 605 g/mol. The average Bonchev–Trinajstić information content (AvgIpc) is 3.16. The maximum Gasteiger partial charge on any atom is 0.408 e. The quantitative estimate of drug-likeness (QED) is 0.159. The van der Waals surface area contributed by atoms with Gasteiger partial charge >= 0.3 is 23.2 Å². The second-order valence-corrected chi connectivity index (χ2v) is 23.0. The predicted octanol–water partition coefficient (Wildman–Crippen LogP) is 7.15. The first-order valence-corrected chi connectivity index (χ1v) is 19.4. The molecule has 1 heterocycles. The summed E-state index contributed by atoms with van der Waals surface area (Å²) in [7, 11) is -5.86. The molecule has 4 atom stereocenters. The number of hydrogen-bond donors (Lipinski definition) is 2. The first-order valence-electron chi connectivity index (χ1n) is 15.4. The molecule has 1 saturated carbocycles. The monoisotopic (exact) mass is 654 g/mol. The van der Waals surface area contributed by atoms with E-state index in [9.17, 15) is 25.0 Å². The predicted molar refractivity (Wildman–Crippen MR) is 172 cm³/mol. The van der Waals surface area contributed by atoms with Gasteiger partial charge in [0, 0.05) is 24.6 Å². The van der Waals surface area contributed by atoms with Crippen molar-refractivity contribution in [1.82, 2.24) is 5.32 Å². The van der Waals surface area contributed by atoms with Gasteiger partial charge in [0.1, 0.15) is 11.3 Å². The number of amides is 1. The van der Waals surface area contributed by atoms with E-state index in [2.05, 4.69) is 66.0 Å². The van der Waals surface area contributed by atoms with Gasteiger partial charge in [-0.2, -0.15) is 0 Å².